The maximum Gasteiger partial charge on any atom is 0.160 e. The number of nitriles is 1. The molecule has 3 heterocycles. The summed E-state index contributed by atoms with van der Waals surface area (Å²) in [6.07, 6.45) is 0. The van der Waals surface area contributed by atoms with Crippen molar-refractivity contribution in [3.63, 3.8) is 0 Å². The quantitative estimate of drug-likeness (QED) is 0.160. The minimum absolute atomic E-state index is 0.0830. The molecule has 0 saturated carbocycles. The second-order valence-corrected chi connectivity index (χ2v) is 18.7. The van der Waals surface area contributed by atoms with Crippen LogP contribution in [-0.4, -0.2) is 24.5 Å². The van der Waals surface area contributed by atoms with E-state index in [0.29, 0.717) is 28.6 Å². The van der Waals surface area contributed by atoms with E-state index in [1.54, 1.807) is 0 Å². The molecule has 10 aromatic rings. The molecule has 0 radical (unpaired) electrons. The normalized spacial score (nSPS) is 11.8. The van der Waals surface area contributed by atoms with Crippen LogP contribution < -0.4 is 0 Å². The number of rotatable bonds is 7. The summed E-state index contributed by atoms with van der Waals surface area (Å²) in [5.74, 6) is 1.17. The van der Waals surface area contributed by atoms with Crippen LogP contribution in [0, 0.1) is 11.3 Å². The molecule has 10 rings (SSSR count). The minimum atomic E-state index is -0.0830. The van der Waals surface area contributed by atoms with Gasteiger partial charge in [0.2, 0.25) is 0 Å². The third-order valence-corrected chi connectivity index (χ3v) is 12.2. The number of hydrogen-bond acceptors (Lipinski definition) is 5. The molecule has 0 saturated heterocycles. The lowest BCUT2D eigenvalue weighted by Crippen LogP contribution is -2.10. The first-order valence-corrected chi connectivity index (χ1v) is 22.1. The maximum absolute atomic E-state index is 11.0. The van der Waals surface area contributed by atoms with E-state index in [1.807, 2.05) is 109 Å². The maximum atomic E-state index is 11.0. The first-order chi connectivity index (χ1) is 31.4. The molecule has 7 aromatic carbocycles. The van der Waals surface area contributed by atoms with E-state index in [0.717, 1.165) is 72.3 Å². The number of hydrogen-bond donors (Lipinski definition) is 0. The van der Waals surface area contributed by atoms with Crippen molar-refractivity contribution in [3.8, 4) is 79.6 Å². The van der Waals surface area contributed by atoms with E-state index in [1.165, 1.54) is 11.1 Å². The largest absolute Gasteiger partial charge is 0.308 e. The Morgan fingerprint density at radius 2 is 0.754 bits per heavy atom. The van der Waals surface area contributed by atoms with Crippen molar-refractivity contribution in [2.75, 3.05) is 0 Å². The van der Waals surface area contributed by atoms with Crippen molar-refractivity contribution >= 4 is 21.8 Å². The first-order valence-electron chi connectivity index (χ1n) is 22.1. The van der Waals surface area contributed by atoms with Gasteiger partial charge in [0.25, 0.3) is 0 Å². The fourth-order valence-corrected chi connectivity index (χ4v) is 8.64. The Balaban J connectivity index is 1.38. The Kier molecular flexibility index (Phi) is 10.3. The highest BCUT2D eigenvalue weighted by molar-refractivity contribution is 6.11. The zero-order chi connectivity index (χ0) is 44.9. The molecule has 0 atom stereocenters. The highest BCUT2D eigenvalue weighted by Crippen LogP contribution is 2.45. The van der Waals surface area contributed by atoms with Crippen LogP contribution in [-0.2, 0) is 10.8 Å². The lowest BCUT2D eigenvalue weighted by atomic mass is 9.85. The molecule has 0 spiro atoms. The Bertz CT molecular complexity index is 3090. The van der Waals surface area contributed by atoms with Crippen LogP contribution in [0.25, 0.3) is 95.3 Å². The van der Waals surface area contributed by atoms with Crippen LogP contribution in [0.2, 0.25) is 0 Å². The van der Waals surface area contributed by atoms with Gasteiger partial charge >= 0.3 is 0 Å². The molecule has 0 aliphatic rings. The summed E-state index contributed by atoms with van der Waals surface area (Å²) in [5, 5.41) is 13.3. The van der Waals surface area contributed by atoms with E-state index >= 15 is 0 Å². The summed E-state index contributed by atoms with van der Waals surface area (Å²) in [5.41, 5.74) is 13.9. The zero-order valence-corrected chi connectivity index (χ0v) is 37.5. The average molecular weight is 841 g/mol. The summed E-state index contributed by atoms with van der Waals surface area (Å²) in [4.78, 5) is 21.1. The number of fused-ring (bicyclic) bond motifs is 3. The smallest absolute Gasteiger partial charge is 0.160 e. The Hall–Kier alpha value is -8.01. The number of nitrogens with zero attached hydrogens (tertiary/aromatic N) is 6. The molecule has 0 N–H and O–H groups in total. The second-order valence-electron chi connectivity index (χ2n) is 18.7. The molecule has 0 bridgehead atoms. The summed E-state index contributed by atoms with van der Waals surface area (Å²) >= 11 is 0. The average Bonchev–Trinajstić information content (AvgIpc) is 3.66. The molecule has 0 aliphatic carbocycles. The van der Waals surface area contributed by atoms with Crippen LogP contribution in [0.5, 0.6) is 0 Å². The molecule has 65 heavy (non-hydrogen) atoms. The lowest BCUT2D eigenvalue weighted by Gasteiger charge is -2.22. The predicted molar refractivity (Wildman–Crippen MR) is 267 cm³/mol. The third-order valence-electron chi connectivity index (χ3n) is 12.2. The molecule has 314 valence electrons. The van der Waals surface area contributed by atoms with Crippen LogP contribution in [0.3, 0.4) is 0 Å². The molecule has 6 nitrogen and oxygen atoms in total. The van der Waals surface area contributed by atoms with Crippen molar-refractivity contribution in [1.82, 2.24) is 24.5 Å². The van der Waals surface area contributed by atoms with Crippen LogP contribution >= 0.6 is 0 Å². The summed E-state index contributed by atoms with van der Waals surface area (Å²) in [6.45, 7) is 13.6. The van der Waals surface area contributed by atoms with Gasteiger partial charge in [-0.2, -0.15) is 5.26 Å². The first kappa shape index (κ1) is 41.0. The van der Waals surface area contributed by atoms with E-state index < -0.39 is 0 Å². The van der Waals surface area contributed by atoms with Gasteiger partial charge in [-0.15, -0.1) is 0 Å². The van der Waals surface area contributed by atoms with Crippen molar-refractivity contribution in [2.24, 2.45) is 0 Å². The van der Waals surface area contributed by atoms with E-state index in [-0.39, 0.29) is 10.8 Å². The van der Waals surface area contributed by atoms with Gasteiger partial charge in [-0.3, -0.25) is 0 Å². The predicted octanol–water partition coefficient (Wildman–Crippen LogP) is 14.8. The molecular formula is C59H48N6. The van der Waals surface area contributed by atoms with E-state index in [9.17, 15) is 5.26 Å². The topological polar surface area (TPSA) is 80.3 Å². The van der Waals surface area contributed by atoms with Crippen molar-refractivity contribution in [3.05, 3.63) is 199 Å². The molecule has 0 fully saturated rings. The minimum Gasteiger partial charge on any atom is -0.308 e. The third kappa shape index (κ3) is 7.87. The van der Waals surface area contributed by atoms with Crippen LogP contribution in [0.4, 0.5) is 0 Å². The highest BCUT2D eigenvalue weighted by Gasteiger charge is 2.27. The van der Waals surface area contributed by atoms with Gasteiger partial charge in [-0.25, -0.2) is 19.9 Å². The molecule has 6 heteroatoms. The Labute approximate surface area is 380 Å². The summed E-state index contributed by atoms with van der Waals surface area (Å²) < 4.78 is 2.37. The fourth-order valence-electron chi connectivity index (χ4n) is 8.64. The van der Waals surface area contributed by atoms with Gasteiger partial charge in [0.15, 0.2) is 11.6 Å². The lowest BCUT2D eigenvalue weighted by molar-refractivity contribution is 0.590. The molecule has 3 aromatic heterocycles. The van der Waals surface area contributed by atoms with Gasteiger partial charge in [0, 0.05) is 44.2 Å². The van der Waals surface area contributed by atoms with Gasteiger partial charge in [0.1, 0.15) is 0 Å². The summed E-state index contributed by atoms with van der Waals surface area (Å²) in [7, 11) is 0. The Morgan fingerprint density at radius 1 is 0.400 bits per heavy atom. The molecule has 0 amide bonds. The number of aromatic nitrogens is 5. The van der Waals surface area contributed by atoms with Crippen LogP contribution in [0.15, 0.2) is 182 Å². The zero-order valence-electron chi connectivity index (χ0n) is 37.5. The van der Waals surface area contributed by atoms with E-state index in [2.05, 4.69) is 125 Å². The molecular weight excluding hydrogens is 793 g/mol. The van der Waals surface area contributed by atoms with Crippen molar-refractivity contribution < 1.29 is 0 Å². The monoisotopic (exact) mass is 840 g/mol. The summed E-state index contributed by atoms with van der Waals surface area (Å²) in [6, 6.07) is 64.9. The van der Waals surface area contributed by atoms with Crippen molar-refractivity contribution in [1.29, 1.82) is 5.26 Å². The standard InChI is InChI=1S/C59H48N6/c1-58(2,3)43-27-29-53-45(33-43)46-34-44(59(4,5)6)28-30-54(46)65(53)55-47(51-35-49(39-19-11-7-12-20-39)61-56(63-51)41-23-15-9-16-24-41)31-38(37-60)32-48(55)52-36-50(40-21-13-8-14-22-40)62-57(64-52)42-25-17-10-18-26-42/h7-36H,1-6H3. The highest BCUT2D eigenvalue weighted by atomic mass is 15.0. The second kappa shape index (κ2) is 16.3. The fraction of sp³-hybridized carbons (Fsp3) is 0.136. The molecule has 0 aliphatic heterocycles. The van der Waals surface area contributed by atoms with Gasteiger partial charge in [0.05, 0.1) is 51.1 Å². The number of benzene rings is 7. The van der Waals surface area contributed by atoms with E-state index in [4.69, 9.17) is 19.9 Å². The van der Waals surface area contributed by atoms with Gasteiger partial charge < -0.3 is 4.57 Å². The Morgan fingerprint density at radius 3 is 1.11 bits per heavy atom. The SMILES string of the molecule is CC(C)(C)c1ccc2c(c1)c1cc(C(C)(C)C)ccc1n2-c1c(-c2cc(-c3ccccc3)nc(-c3ccccc3)n2)cc(C#N)cc1-c1cc(-c2ccccc2)nc(-c2ccccc2)n1. The van der Waals surface area contributed by atoms with Crippen molar-refractivity contribution in [2.45, 2.75) is 52.4 Å². The van der Waals surface area contributed by atoms with Gasteiger partial charge in [-0.05, 0) is 70.5 Å². The van der Waals surface area contributed by atoms with Gasteiger partial charge in [-0.1, -0.05) is 175 Å². The van der Waals surface area contributed by atoms with Crippen LogP contribution in [0.1, 0.15) is 58.2 Å². The molecule has 0 unspecified atom stereocenters.